The second-order valence-electron chi connectivity index (χ2n) is 6.82. The van der Waals surface area contributed by atoms with Gasteiger partial charge >= 0.3 is 0 Å². The van der Waals surface area contributed by atoms with Crippen molar-refractivity contribution in [1.29, 1.82) is 0 Å². The summed E-state index contributed by atoms with van der Waals surface area (Å²) in [7, 11) is -3.71. The van der Waals surface area contributed by atoms with Gasteiger partial charge in [0.1, 0.15) is 19.0 Å². The molecule has 0 atom stereocenters. The van der Waals surface area contributed by atoms with E-state index in [0.717, 1.165) is 5.69 Å². The monoisotopic (exact) mass is 460 g/mol. The first-order valence-corrected chi connectivity index (χ1v) is 11.8. The number of sulfonamides is 1. The average molecular weight is 461 g/mol. The molecule has 8 nitrogen and oxygen atoms in total. The molecule has 2 aromatic heterocycles. The Morgan fingerprint density at radius 3 is 2.68 bits per heavy atom. The number of ether oxygens (including phenoxy) is 2. The standard InChI is InChI=1S/C20H17FN4O4S2/c21-14-3-1-13(2-4-14)19-23-20-25(24-19)15(12-30-20)7-8-22-31(26,27)16-5-6-17-18(11-16)29-10-9-28-17/h1-6,11-12,22H,7-10H2. The second-order valence-corrected chi connectivity index (χ2v) is 9.42. The molecular formula is C20H17FN4O4S2. The molecule has 0 aliphatic carbocycles. The zero-order chi connectivity index (χ0) is 21.4. The van der Waals surface area contributed by atoms with Crippen molar-refractivity contribution in [3.8, 4) is 22.9 Å². The fourth-order valence-corrected chi connectivity index (χ4v) is 5.11. The number of hydrogen-bond donors (Lipinski definition) is 1. The van der Waals surface area contributed by atoms with Crippen molar-refractivity contribution in [3.05, 3.63) is 59.4 Å². The molecule has 1 N–H and O–H groups in total. The van der Waals surface area contributed by atoms with Crippen LogP contribution in [0.3, 0.4) is 0 Å². The van der Waals surface area contributed by atoms with Gasteiger partial charge in [-0.2, -0.15) is 4.98 Å². The van der Waals surface area contributed by atoms with Crippen molar-refractivity contribution in [1.82, 2.24) is 19.3 Å². The Hall–Kier alpha value is -3.02. The number of nitrogens with one attached hydrogen (secondary N) is 1. The third-order valence-electron chi connectivity index (χ3n) is 4.75. The van der Waals surface area contributed by atoms with E-state index in [2.05, 4.69) is 14.8 Å². The fourth-order valence-electron chi connectivity index (χ4n) is 3.21. The van der Waals surface area contributed by atoms with Gasteiger partial charge in [-0.25, -0.2) is 22.0 Å². The molecule has 0 amide bonds. The van der Waals surface area contributed by atoms with Crippen molar-refractivity contribution < 1.29 is 22.3 Å². The first kappa shape index (κ1) is 19.9. The van der Waals surface area contributed by atoms with Crippen molar-refractivity contribution in [3.63, 3.8) is 0 Å². The highest BCUT2D eigenvalue weighted by molar-refractivity contribution is 7.89. The molecule has 0 bridgehead atoms. The third-order valence-corrected chi connectivity index (χ3v) is 7.07. The molecule has 0 saturated carbocycles. The Balaban J connectivity index is 1.29. The van der Waals surface area contributed by atoms with E-state index < -0.39 is 10.0 Å². The molecule has 4 aromatic rings. The molecule has 11 heteroatoms. The van der Waals surface area contributed by atoms with Gasteiger partial charge in [0.15, 0.2) is 17.3 Å². The van der Waals surface area contributed by atoms with Crippen LogP contribution in [0.5, 0.6) is 11.5 Å². The van der Waals surface area contributed by atoms with E-state index in [0.29, 0.717) is 47.5 Å². The van der Waals surface area contributed by atoms with E-state index in [4.69, 9.17) is 9.47 Å². The lowest BCUT2D eigenvalue weighted by molar-refractivity contribution is 0.171. The largest absolute Gasteiger partial charge is 0.486 e. The van der Waals surface area contributed by atoms with E-state index in [1.807, 2.05) is 5.38 Å². The maximum atomic E-state index is 13.1. The van der Waals surface area contributed by atoms with Gasteiger partial charge in [-0.05, 0) is 36.4 Å². The van der Waals surface area contributed by atoms with Crippen molar-refractivity contribution in [2.45, 2.75) is 11.3 Å². The Labute approximate surface area is 181 Å². The summed E-state index contributed by atoms with van der Waals surface area (Å²) in [5, 5.41) is 6.37. The molecule has 0 radical (unpaired) electrons. The second kappa shape index (κ2) is 7.91. The molecular weight excluding hydrogens is 443 g/mol. The minimum Gasteiger partial charge on any atom is -0.486 e. The number of aromatic nitrogens is 3. The van der Waals surface area contributed by atoms with Gasteiger partial charge in [0.05, 0.1) is 10.6 Å². The normalized spacial score (nSPS) is 13.6. The highest BCUT2D eigenvalue weighted by atomic mass is 32.2. The van der Waals surface area contributed by atoms with Crippen molar-refractivity contribution in [2.24, 2.45) is 0 Å². The Morgan fingerprint density at radius 2 is 1.87 bits per heavy atom. The SMILES string of the molecule is O=S(=O)(NCCc1csc2nc(-c3ccc(F)cc3)nn12)c1ccc2c(c1)OCCO2. The molecule has 0 saturated heterocycles. The summed E-state index contributed by atoms with van der Waals surface area (Å²) in [6, 6.07) is 10.5. The van der Waals surface area contributed by atoms with E-state index in [9.17, 15) is 12.8 Å². The van der Waals surface area contributed by atoms with Crippen LogP contribution in [0.2, 0.25) is 0 Å². The molecule has 3 heterocycles. The van der Waals surface area contributed by atoms with Gasteiger partial charge in [-0.15, -0.1) is 16.4 Å². The average Bonchev–Trinajstić information content (AvgIpc) is 3.35. The van der Waals surface area contributed by atoms with Crippen LogP contribution in [-0.4, -0.2) is 42.8 Å². The van der Waals surface area contributed by atoms with Gasteiger partial charge in [0.2, 0.25) is 15.0 Å². The van der Waals surface area contributed by atoms with E-state index >= 15 is 0 Å². The lowest BCUT2D eigenvalue weighted by Crippen LogP contribution is -2.26. The fraction of sp³-hybridized carbons (Fsp3) is 0.200. The number of thiazole rings is 1. The molecule has 1 aliphatic heterocycles. The minimum absolute atomic E-state index is 0.117. The number of halogens is 1. The highest BCUT2D eigenvalue weighted by Gasteiger charge is 2.19. The van der Waals surface area contributed by atoms with Crippen LogP contribution in [0.1, 0.15) is 5.69 Å². The summed E-state index contributed by atoms with van der Waals surface area (Å²) in [6.45, 7) is 1.02. The first-order chi connectivity index (χ1) is 15.0. The summed E-state index contributed by atoms with van der Waals surface area (Å²) in [4.78, 5) is 5.26. The molecule has 160 valence electrons. The topological polar surface area (TPSA) is 94.8 Å². The summed E-state index contributed by atoms with van der Waals surface area (Å²) in [5.74, 6) is 1.12. The van der Waals surface area contributed by atoms with Gasteiger partial charge in [0, 0.05) is 30.0 Å². The lowest BCUT2D eigenvalue weighted by atomic mass is 10.2. The maximum absolute atomic E-state index is 13.1. The number of rotatable bonds is 6. The number of nitrogens with zero attached hydrogens (tertiary/aromatic N) is 3. The predicted molar refractivity (Wildman–Crippen MR) is 113 cm³/mol. The van der Waals surface area contributed by atoms with Crippen LogP contribution < -0.4 is 14.2 Å². The van der Waals surface area contributed by atoms with Crippen LogP contribution in [0.4, 0.5) is 4.39 Å². The molecule has 5 rings (SSSR count). The zero-order valence-corrected chi connectivity index (χ0v) is 17.7. The Morgan fingerprint density at radius 1 is 1.10 bits per heavy atom. The smallest absolute Gasteiger partial charge is 0.240 e. The third kappa shape index (κ3) is 3.99. The molecule has 2 aromatic carbocycles. The molecule has 1 aliphatic rings. The molecule has 0 unspecified atom stereocenters. The van der Waals surface area contributed by atoms with E-state index in [1.54, 1.807) is 22.7 Å². The molecule has 0 spiro atoms. The highest BCUT2D eigenvalue weighted by Crippen LogP contribution is 2.32. The number of benzene rings is 2. The van der Waals surface area contributed by atoms with Gasteiger partial charge < -0.3 is 9.47 Å². The number of fused-ring (bicyclic) bond motifs is 2. The van der Waals surface area contributed by atoms with Crippen LogP contribution in [0.15, 0.2) is 52.7 Å². The molecule has 31 heavy (non-hydrogen) atoms. The summed E-state index contributed by atoms with van der Waals surface area (Å²) >= 11 is 1.41. The Bertz CT molecular complexity index is 1350. The van der Waals surface area contributed by atoms with Crippen molar-refractivity contribution in [2.75, 3.05) is 19.8 Å². The van der Waals surface area contributed by atoms with Crippen molar-refractivity contribution >= 4 is 26.3 Å². The minimum atomic E-state index is -3.71. The summed E-state index contributed by atoms with van der Waals surface area (Å²) < 4.78 is 53.6. The molecule has 0 fully saturated rings. The van der Waals surface area contributed by atoms with Crippen LogP contribution >= 0.6 is 11.3 Å². The maximum Gasteiger partial charge on any atom is 0.240 e. The zero-order valence-electron chi connectivity index (χ0n) is 16.1. The van der Waals surface area contributed by atoms with Crippen LogP contribution in [-0.2, 0) is 16.4 Å². The van der Waals surface area contributed by atoms with Gasteiger partial charge in [0.25, 0.3) is 0 Å². The van der Waals surface area contributed by atoms with Gasteiger partial charge in [-0.3, -0.25) is 0 Å². The van der Waals surface area contributed by atoms with E-state index in [-0.39, 0.29) is 17.3 Å². The van der Waals surface area contributed by atoms with Crippen LogP contribution in [0, 0.1) is 5.82 Å². The van der Waals surface area contributed by atoms with E-state index in [1.165, 1.54) is 35.6 Å². The predicted octanol–water partition coefficient (Wildman–Crippen LogP) is 2.89. The van der Waals surface area contributed by atoms with Crippen LogP contribution in [0.25, 0.3) is 16.3 Å². The first-order valence-electron chi connectivity index (χ1n) is 9.48. The quantitative estimate of drug-likeness (QED) is 0.476. The summed E-state index contributed by atoms with van der Waals surface area (Å²) in [5.41, 5.74) is 1.54. The van der Waals surface area contributed by atoms with Gasteiger partial charge in [-0.1, -0.05) is 0 Å². The number of hydrogen-bond acceptors (Lipinski definition) is 7. The Kier molecular flexibility index (Phi) is 5.08. The summed E-state index contributed by atoms with van der Waals surface area (Å²) in [6.07, 6.45) is 0.427. The lowest BCUT2D eigenvalue weighted by Gasteiger charge is -2.18.